The summed E-state index contributed by atoms with van der Waals surface area (Å²) in [6, 6.07) is 6.46. The normalized spacial score (nSPS) is 16.1. The largest absolute Gasteiger partial charge is 0.350 e. The van der Waals surface area contributed by atoms with Crippen LogP contribution in [0.2, 0.25) is 0 Å². The molecule has 16 heavy (non-hydrogen) atoms. The number of nitrogens with zero attached hydrogens (tertiary/aromatic N) is 3. The summed E-state index contributed by atoms with van der Waals surface area (Å²) in [7, 11) is 0. The number of hydrogen-bond donors (Lipinski definition) is 1. The highest BCUT2D eigenvalue weighted by atomic mass is 15.4. The van der Waals surface area contributed by atoms with Crippen molar-refractivity contribution < 1.29 is 0 Å². The second kappa shape index (κ2) is 3.63. The third-order valence-electron chi connectivity index (χ3n) is 2.89. The molecule has 0 saturated carbocycles. The van der Waals surface area contributed by atoms with Crippen molar-refractivity contribution in [2.75, 3.05) is 5.32 Å². The van der Waals surface area contributed by atoms with Crippen molar-refractivity contribution in [3.8, 4) is 0 Å². The molecule has 1 N–H and O–H groups in total. The van der Waals surface area contributed by atoms with Crippen molar-refractivity contribution in [1.29, 1.82) is 0 Å². The summed E-state index contributed by atoms with van der Waals surface area (Å²) >= 11 is 0. The molecule has 2 aromatic rings. The van der Waals surface area contributed by atoms with Crippen molar-refractivity contribution in [2.45, 2.75) is 25.8 Å². The summed E-state index contributed by atoms with van der Waals surface area (Å²) in [5.74, 6) is 0.725. The Bertz CT molecular complexity index is 533. The average Bonchev–Trinajstić information content (AvgIpc) is 2.88. The van der Waals surface area contributed by atoms with Gasteiger partial charge >= 0.3 is 0 Å². The molecule has 0 unspecified atom stereocenters. The van der Waals surface area contributed by atoms with Crippen LogP contribution in [0, 0.1) is 6.92 Å². The molecule has 2 heterocycles. The minimum atomic E-state index is 0.456. The van der Waals surface area contributed by atoms with Gasteiger partial charge in [0, 0.05) is 11.7 Å². The Morgan fingerprint density at radius 1 is 1.31 bits per heavy atom. The molecule has 82 valence electrons. The lowest BCUT2D eigenvalue weighted by Gasteiger charge is -2.08. The smallest absolute Gasteiger partial charge is 0.243 e. The molecular weight excluding hydrogens is 200 g/mol. The van der Waals surface area contributed by atoms with Crippen LogP contribution in [0.3, 0.4) is 0 Å². The predicted octanol–water partition coefficient (Wildman–Crippen LogP) is 2.17. The lowest BCUT2D eigenvalue weighted by atomic mass is 10.2. The maximum Gasteiger partial charge on any atom is 0.243 e. The van der Waals surface area contributed by atoms with Gasteiger partial charge in [0.25, 0.3) is 0 Å². The first kappa shape index (κ1) is 9.39. The zero-order chi connectivity index (χ0) is 11.0. The summed E-state index contributed by atoms with van der Waals surface area (Å²) < 4.78 is 1.87. The zero-order valence-electron chi connectivity index (χ0n) is 9.22. The molecule has 0 radical (unpaired) electrons. The number of hydrogen-bond acceptors (Lipinski definition) is 3. The fourth-order valence-corrected chi connectivity index (χ4v) is 2.01. The Hall–Kier alpha value is -1.84. The number of pyridine rings is 1. The molecule has 0 aliphatic heterocycles. The Morgan fingerprint density at radius 3 is 2.88 bits per heavy atom. The number of aryl methyl sites for hydroxylation is 1. The third-order valence-corrected chi connectivity index (χ3v) is 2.89. The van der Waals surface area contributed by atoms with E-state index >= 15 is 0 Å². The van der Waals surface area contributed by atoms with E-state index in [2.05, 4.69) is 27.6 Å². The number of nitrogens with one attached hydrogen (secondary N) is 1. The summed E-state index contributed by atoms with van der Waals surface area (Å²) in [6.07, 6.45) is 6.51. The molecule has 0 atom stereocenters. The van der Waals surface area contributed by atoms with E-state index in [1.54, 1.807) is 0 Å². The Labute approximate surface area is 94.0 Å². The van der Waals surface area contributed by atoms with Crippen LogP contribution in [0.15, 0.2) is 30.4 Å². The minimum absolute atomic E-state index is 0.456. The van der Waals surface area contributed by atoms with Crippen LogP contribution in [0.25, 0.3) is 5.65 Å². The van der Waals surface area contributed by atoms with E-state index in [0.717, 1.165) is 30.1 Å². The van der Waals surface area contributed by atoms with Gasteiger partial charge in [-0.25, -0.2) is 4.52 Å². The molecule has 0 saturated heterocycles. The third kappa shape index (κ3) is 1.56. The van der Waals surface area contributed by atoms with Crippen LogP contribution < -0.4 is 5.32 Å². The van der Waals surface area contributed by atoms with E-state index in [4.69, 9.17) is 0 Å². The van der Waals surface area contributed by atoms with Gasteiger partial charge in [0.2, 0.25) is 5.95 Å². The van der Waals surface area contributed by atoms with Crippen LogP contribution in [-0.4, -0.2) is 20.6 Å². The lowest BCUT2D eigenvalue weighted by Crippen LogP contribution is -2.16. The van der Waals surface area contributed by atoms with Crippen LogP contribution in [-0.2, 0) is 0 Å². The number of aromatic nitrogens is 3. The molecule has 0 amide bonds. The molecule has 0 aromatic carbocycles. The molecule has 1 aliphatic rings. The van der Waals surface area contributed by atoms with Gasteiger partial charge in [-0.15, -0.1) is 5.10 Å². The molecule has 0 fully saturated rings. The van der Waals surface area contributed by atoms with Gasteiger partial charge in [-0.2, -0.15) is 4.98 Å². The molecule has 1 aliphatic carbocycles. The summed E-state index contributed by atoms with van der Waals surface area (Å²) in [4.78, 5) is 4.45. The molecular formula is C12H14N4. The highest BCUT2D eigenvalue weighted by Crippen LogP contribution is 2.15. The molecule has 0 bridgehead atoms. The van der Waals surface area contributed by atoms with Gasteiger partial charge in [-0.3, -0.25) is 0 Å². The Balaban J connectivity index is 1.90. The zero-order valence-corrected chi connectivity index (χ0v) is 9.22. The first-order valence-electron chi connectivity index (χ1n) is 5.57. The van der Waals surface area contributed by atoms with E-state index < -0.39 is 0 Å². The molecule has 4 heteroatoms. The highest BCUT2D eigenvalue weighted by Gasteiger charge is 2.12. The van der Waals surface area contributed by atoms with E-state index in [0.29, 0.717) is 6.04 Å². The maximum absolute atomic E-state index is 4.45. The van der Waals surface area contributed by atoms with Gasteiger partial charge < -0.3 is 5.32 Å². The summed E-state index contributed by atoms with van der Waals surface area (Å²) in [5, 5.41) is 7.79. The number of anilines is 1. The summed E-state index contributed by atoms with van der Waals surface area (Å²) in [5.41, 5.74) is 2.00. The quantitative estimate of drug-likeness (QED) is 0.779. The van der Waals surface area contributed by atoms with Crippen LogP contribution >= 0.6 is 0 Å². The van der Waals surface area contributed by atoms with Crippen LogP contribution in [0.5, 0.6) is 0 Å². The Kier molecular flexibility index (Phi) is 2.13. The fourth-order valence-electron chi connectivity index (χ4n) is 2.01. The summed E-state index contributed by atoms with van der Waals surface area (Å²) in [6.45, 7) is 2.03. The highest BCUT2D eigenvalue weighted by molar-refractivity contribution is 5.44. The molecule has 3 rings (SSSR count). The topological polar surface area (TPSA) is 42.2 Å². The van der Waals surface area contributed by atoms with Crippen molar-refractivity contribution in [3.05, 3.63) is 36.0 Å². The van der Waals surface area contributed by atoms with Crippen LogP contribution in [0.1, 0.15) is 18.5 Å². The number of fused-ring (bicyclic) bond motifs is 1. The van der Waals surface area contributed by atoms with E-state index in [-0.39, 0.29) is 0 Å². The van der Waals surface area contributed by atoms with Gasteiger partial charge in [0.05, 0.1) is 0 Å². The van der Waals surface area contributed by atoms with Gasteiger partial charge in [-0.1, -0.05) is 18.2 Å². The van der Waals surface area contributed by atoms with Crippen molar-refractivity contribution >= 4 is 11.6 Å². The first-order chi connectivity index (χ1) is 7.83. The van der Waals surface area contributed by atoms with Crippen LogP contribution in [0.4, 0.5) is 5.95 Å². The van der Waals surface area contributed by atoms with Crippen molar-refractivity contribution in [3.63, 3.8) is 0 Å². The van der Waals surface area contributed by atoms with Gasteiger partial charge in [0.1, 0.15) is 0 Å². The monoisotopic (exact) mass is 214 g/mol. The van der Waals surface area contributed by atoms with E-state index in [1.807, 2.05) is 29.6 Å². The van der Waals surface area contributed by atoms with Gasteiger partial charge in [0.15, 0.2) is 5.65 Å². The van der Waals surface area contributed by atoms with Gasteiger partial charge in [-0.05, 0) is 31.9 Å². The number of rotatable bonds is 2. The minimum Gasteiger partial charge on any atom is -0.350 e. The molecule has 4 nitrogen and oxygen atoms in total. The second-order valence-corrected chi connectivity index (χ2v) is 4.16. The lowest BCUT2D eigenvalue weighted by molar-refractivity contribution is 0.770. The second-order valence-electron chi connectivity index (χ2n) is 4.16. The average molecular weight is 214 g/mol. The Morgan fingerprint density at radius 2 is 2.12 bits per heavy atom. The van der Waals surface area contributed by atoms with Crippen molar-refractivity contribution in [1.82, 2.24) is 14.6 Å². The van der Waals surface area contributed by atoms with E-state index in [1.165, 1.54) is 0 Å². The first-order valence-corrected chi connectivity index (χ1v) is 5.57. The maximum atomic E-state index is 4.45. The van der Waals surface area contributed by atoms with E-state index in [9.17, 15) is 0 Å². The molecule has 2 aromatic heterocycles. The predicted molar refractivity (Wildman–Crippen MR) is 63.5 cm³/mol. The standard InChI is InChI=1S/C12H14N4/c1-9-5-4-8-11-14-12(15-16(9)11)13-10-6-2-3-7-10/h2-5,8,10H,6-7H2,1H3,(H,13,15). The molecule has 0 spiro atoms. The van der Waals surface area contributed by atoms with Crippen molar-refractivity contribution in [2.24, 2.45) is 0 Å². The fraction of sp³-hybridized carbons (Fsp3) is 0.333. The SMILES string of the molecule is Cc1cccc2nc(NC3CC=CC3)nn12.